The molecule has 3 heteroatoms. The Morgan fingerprint density at radius 2 is 2.10 bits per heavy atom. The summed E-state index contributed by atoms with van der Waals surface area (Å²) in [6.07, 6.45) is 1.99. The van der Waals surface area contributed by atoms with Crippen molar-refractivity contribution in [3.63, 3.8) is 0 Å². The lowest BCUT2D eigenvalue weighted by Crippen LogP contribution is -2.13. The van der Waals surface area contributed by atoms with Crippen LogP contribution in [0.1, 0.15) is 13.8 Å². The molecule has 0 aliphatic rings. The van der Waals surface area contributed by atoms with Crippen molar-refractivity contribution in [1.82, 2.24) is 0 Å². The molecule has 0 unspecified atom stereocenters. The van der Waals surface area contributed by atoms with E-state index in [9.17, 15) is 4.79 Å². The number of hydrogen-bond donors (Lipinski definition) is 0. The number of rotatable bonds is 3. The maximum Gasteiger partial charge on any atom is 0.144 e. The number of carbonyl (C=O) groups is 1. The van der Waals surface area contributed by atoms with Crippen LogP contribution in [0.25, 0.3) is 0 Å². The number of aldehydes is 1. The smallest absolute Gasteiger partial charge is 0.144 e. The summed E-state index contributed by atoms with van der Waals surface area (Å²) < 4.78 is 0. The van der Waals surface area contributed by atoms with Gasteiger partial charge in [-0.05, 0) is 6.08 Å². The molecule has 0 aromatic carbocycles. The zero-order valence-electron chi connectivity index (χ0n) is 6.03. The summed E-state index contributed by atoms with van der Waals surface area (Å²) >= 11 is 11.3. The lowest BCUT2D eigenvalue weighted by atomic mass is 9.96. The minimum atomic E-state index is -0.288. The number of carbonyl (C=O) groups excluding carboxylic acids is 1. The summed E-state index contributed by atoms with van der Waals surface area (Å²) in [5, 5.41) is 0.498. The fourth-order valence-electron chi connectivity index (χ4n) is 0.349. The molecule has 0 heterocycles. The van der Waals surface area contributed by atoms with Crippen LogP contribution in [0.15, 0.2) is 11.1 Å². The molecule has 0 atom stereocenters. The van der Waals surface area contributed by atoms with Gasteiger partial charge in [0.05, 0.1) is 0 Å². The molecular weight excluding hydrogens is 171 g/mol. The van der Waals surface area contributed by atoms with Crippen LogP contribution in [0.2, 0.25) is 0 Å². The minimum Gasteiger partial charge on any atom is -0.299 e. The maximum absolute atomic E-state index is 9.97. The molecule has 0 saturated heterocycles. The fourth-order valence-corrected chi connectivity index (χ4v) is 0.680. The number of halogens is 2. The largest absolute Gasteiger partial charge is 0.299 e. The standard InChI is InChI=1S/C7H10Cl2O/c1-7(2,5-8)6(9)3-4-10/h3-4H,5H2,1-2H3. The molecule has 0 fully saturated rings. The van der Waals surface area contributed by atoms with E-state index in [-0.39, 0.29) is 5.41 Å². The third-order valence-electron chi connectivity index (χ3n) is 1.19. The summed E-state index contributed by atoms with van der Waals surface area (Å²) in [4.78, 5) is 9.97. The van der Waals surface area contributed by atoms with Crippen molar-refractivity contribution in [1.29, 1.82) is 0 Å². The zero-order valence-corrected chi connectivity index (χ0v) is 7.54. The normalized spacial score (nSPS) is 13.4. The van der Waals surface area contributed by atoms with Crippen LogP contribution < -0.4 is 0 Å². The molecule has 0 N–H and O–H groups in total. The van der Waals surface area contributed by atoms with E-state index in [0.29, 0.717) is 17.2 Å². The van der Waals surface area contributed by atoms with Crippen molar-refractivity contribution < 1.29 is 4.79 Å². The van der Waals surface area contributed by atoms with Gasteiger partial charge in [0.1, 0.15) is 6.29 Å². The second-order valence-corrected chi connectivity index (χ2v) is 3.34. The van der Waals surface area contributed by atoms with Gasteiger partial charge < -0.3 is 0 Å². The van der Waals surface area contributed by atoms with E-state index in [2.05, 4.69) is 0 Å². The van der Waals surface area contributed by atoms with Gasteiger partial charge in [-0.1, -0.05) is 25.4 Å². The molecule has 0 aliphatic heterocycles. The van der Waals surface area contributed by atoms with Gasteiger partial charge in [-0.3, -0.25) is 4.79 Å². The van der Waals surface area contributed by atoms with Gasteiger partial charge in [-0.2, -0.15) is 0 Å². The predicted molar refractivity (Wildman–Crippen MR) is 44.5 cm³/mol. The van der Waals surface area contributed by atoms with Crippen LogP contribution in [-0.2, 0) is 4.79 Å². The third-order valence-corrected chi connectivity index (χ3v) is 2.50. The highest BCUT2D eigenvalue weighted by Crippen LogP contribution is 2.29. The second kappa shape index (κ2) is 3.99. The Hall–Kier alpha value is -0.0100. The summed E-state index contributed by atoms with van der Waals surface area (Å²) in [6, 6.07) is 0. The molecule has 0 aromatic heterocycles. The first-order chi connectivity index (χ1) is 4.54. The first-order valence-electron chi connectivity index (χ1n) is 2.92. The van der Waals surface area contributed by atoms with Gasteiger partial charge in [-0.25, -0.2) is 0 Å². The van der Waals surface area contributed by atoms with E-state index in [1.807, 2.05) is 13.8 Å². The number of allylic oxidation sites excluding steroid dienone is 2. The zero-order chi connectivity index (χ0) is 8.20. The quantitative estimate of drug-likeness (QED) is 0.371. The Morgan fingerprint density at radius 1 is 1.60 bits per heavy atom. The first-order valence-corrected chi connectivity index (χ1v) is 3.83. The van der Waals surface area contributed by atoms with Crippen LogP contribution in [0.5, 0.6) is 0 Å². The SMILES string of the molecule is CC(C)(CCl)C(Cl)=CC=O. The molecule has 0 amide bonds. The highest BCUT2D eigenvalue weighted by atomic mass is 35.5. The first kappa shape index (κ1) is 9.99. The van der Waals surface area contributed by atoms with Crippen LogP contribution in [0.3, 0.4) is 0 Å². The Morgan fingerprint density at radius 3 is 2.40 bits per heavy atom. The average Bonchev–Trinajstić information content (AvgIpc) is 1.89. The average molecular weight is 181 g/mol. The second-order valence-electron chi connectivity index (χ2n) is 2.67. The van der Waals surface area contributed by atoms with Crippen LogP contribution in [0.4, 0.5) is 0 Å². The molecule has 58 valence electrons. The predicted octanol–water partition coefficient (Wildman–Crippen LogP) is 2.57. The molecule has 0 radical (unpaired) electrons. The van der Waals surface area contributed by atoms with Gasteiger partial charge in [-0.15, -0.1) is 11.6 Å². The van der Waals surface area contributed by atoms with Gasteiger partial charge in [0.2, 0.25) is 0 Å². The summed E-state index contributed by atoms with van der Waals surface area (Å²) in [5.41, 5.74) is -0.288. The van der Waals surface area contributed by atoms with Crippen LogP contribution >= 0.6 is 23.2 Å². The maximum atomic E-state index is 9.97. The van der Waals surface area contributed by atoms with Gasteiger partial charge in [0, 0.05) is 16.3 Å². The summed E-state index contributed by atoms with van der Waals surface area (Å²) in [7, 11) is 0. The number of hydrogen-bond acceptors (Lipinski definition) is 1. The van der Waals surface area contributed by atoms with Crippen LogP contribution in [-0.4, -0.2) is 12.2 Å². The fraction of sp³-hybridized carbons (Fsp3) is 0.571. The molecular formula is C7H10Cl2O. The Labute approximate surface area is 71.0 Å². The molecule has 0 bridgehead atoms. The van der Waals surface area contributed by atoms with Crippen LogP contribution in [0, 0.1) is 5.41 Å². The van der Waals surface area contributed by atoms with E-state index in [4.69, 9.17) is 23.2 Å². The Balaban J connectivity index is 4.31. The van der Waals surface area contributed by atoms with Crippen molar-refractivity contribution in [2.45, 2.75) is 13.8 Å². The van der Waals surface area contributed by atoms with Crippen molar-refractivity contribution in [3.8, 4) is 0 Å². The van der Waals surface area contributed by atoms with E-state index in [1.165, 1.54) is 6.08 Å². The molecule has 0 aromatic rings. The van der Waals surface area contributed by atoms with E-state index in [0.717, 1.165) is 0 Å². The van der Waals surface area contributed by atoms with Crippen molar-refractivity contribution >= 4 is 29.5 Å². The van der Waals surface area contributed by atoms with E-state index in [1.54, 1.807) is 0 Å². The molecule has 10 heavy (non-hydrogen) atoms. The Kier molecular flexibility index (Phi) is 3.99. The highest BCUT2D eigenvalue weighted by Gasteiger charge is 2.19. The van der Waals surface area contributed by atoms with Crippen molar-refractivity contribution in [2.75, 3.05) is 5.88 Å². The van der Waals surface area contributed by atoms with Crippen molar-refractivity contribution in [3.05, 3.63) is 11.1 Å². The topological polar surface area (TPSA) is 17.1 Å². The summed E-state index contributed by atoms with van der Waals surface area (Å²) in [5.74, 6) is 0.413. The van der Waals surface area contributed by atoms with Gasteiger partial charge >= 0.3 is 0 Å². The van der Waals surface area contributed by atoms with Crippen molar-refractivity contribution in [2.24, 2.45) is 5.41 Å². The number of alkyl halides is 1. The Bertz CT molecular complexity index is 150. The molecule has 0 saturated carbocycles. The van der Waals surface area contributed by atoms with Gasteiger partial charge in [0.15, 0.2) is 0 Å². The minimum absolute atomic E-state index is 0.288. The summed E-state index contributed by atoms with van der Waals surface area (Å²) in [6.45, 7) is 3.75. The van der Waals surface area contributed by atoms with E-state index < -0.39 is 0 Å². The highest BCUT2D eigenvalue weighted by molar-refractivity contribution is 6.32. The monoisotopic (exact) mass is 180 g/mol. The molecule has 0 aliphatic carbocycles. The molecule has 1 nitrogen and oxygen atoms in total. The molecule has 0 spiro atoms. The lowest BCUT2D eigenvalue weighted by Gasteiger charge is -2.19. The van der Waals surface area contributed by atoms with E-state index >= 15 is 0 Å². The van der Waals surface area contributed by atoms with Gasteiger partial charge in [0.25, 0.3) is 0 Å². The molecule has 0 rings (SSSR count). The lowest BCUT2D eigenvalue weighted by molar-refractivity contribution is -0.104. The third kappa shape index (κ3) is 2.72.